The van der Waals surface area contributed by atoms with Crippen LogP contribution in [0, 0.1) is 0 Å². The monoisotopic (exact) mass is 565 g/mol. The third kappa shape index (κ3) is 32.9. The van der Waals surface area contributed by atoms with Gasteiger partial charge in [-0.1, -0.05) is 141 Å². The predicted octanol–water partition coefficient (Wildman–Crippen LogP) is 11.9. The number of carboxylic acids is 1. The Bertz CT molecular complexity index is 571. The summed E-state index contributed by atoms with van der Waals surface area (Å²) in [6.45, 7) is 4.32. The van der Waals surface area contributed by atoms with E-state index >= 15 is 0 Å². The minimum absolute atomic E-state index is 0.00890. The molecule has 4 nitrogen and oxygen atoms in total. The van der Waals surface area contributed by atoms with Gasteiger partial charge in [-0.3, -0.25) is 9.59 Å². The number of ether oxygens (including phenoxy) is 1. The maximum atomic E-state index is 12.1. The van der Waals surface area contributed by atoms with Gasteiger partial charge in [-0.2, -0.15) is 0 Å². The molecule has 0 spiro atoms. The molecule has 0 amide bonds. The number of esters is 1. The molecule has 0 heterocycles. The van der Waals surface area contributed by atoms with Crippen LogP contribution in [0.15, 0.2) is 12.2 Å². The van der Waals surface area contributed by atoms with Crippen molar-refractivity contribution >= 4 is 11.9 Å². The minimum Gasteiger partial charge on any atom is -0.481 e. The van der Waals surface area contributed by atoms with Gasteiger partial charge in [0.25, 0.3) is 0 Å². The summed E-state index contributed by atoms with van der Waals surface area (Å²) < 4.78 is 5.62. The fraction of sp³-hybridized carbons (Fsp3) is 0.889. The van der Waals surface area contributed by atoms with Crippen molar-refractivity contribution in [3.8, 4) is 0 Å². The maximum Gasteiger partial charge on any atom is 0.306 e. The number of carboxylic acid groups (broad SMARTS) is 1. The van der Waals surface area contributed by atoms with Gasteiger partial charge in [0, 0.05) is 12.8 Å². The summed E-state index contributed by atoms with van der Waals surface area (Å²) in [6, 6.07) is 0. The Balaban J connectivity index is 3.32. The first kappa shape index (κ1) is 38.7. The van der Waals surface area contributed by atoms with E-state index in [0.29, 0.717) is 12.8 Å². The highest BCUT2D eigenvalue weighted by Crippen LogP contribution is 2.15. The van der Waals surface area contributed by atoms with Crippen LogP contribution in [-0.2, 0) is 14.3 Å². The normalized spacial score (nSPS) is 12.2. The highest BCUT2D eigenvalue weighted by Gasteiger charge is 2.09. The summed E-state index contributed by atoms with van der Waals surface area (Å²) in [5, 5.41) is 8.63. The summed E-state index contributed by atoms with van der Waals surface area (Å²) in [7, 11) is 0. The van der Waals surface area contributed by atoms with Crippen molar-refractivity contribution in [2.75, 3.05) is 0 Å². The number of rotatable bonds is 32. The first-order chi connectivity index (χ1) is 19.6. The van der Waals surface area contributed by atoms with E-state index < -0.39 is 5.97 Å². The van der Waals surface area contributed by atoms with Crippen LogP contribution in [0.1, 0.15) is 200 Å². The maximum absolute atomic E-state index is 12.1. The molecule has 0 radical (unpaired) electrons. The Kier molecular flexibility index (Phi) is 31.1. The van der Waals surface area contributed by atoms with Gasteiger partial charge in [0.2, 0.25) is 0 Å². The Hall–Kier alpha value is -1.32. The van der Waals surface area contributed by atoms with E-state index in [1.165, 1.54) is 135 Å². The fourth-order valence-electron chi connectivity index (χ4n) is 5.33. The number of aliphatic carboxylic acids is 1. The molecular formula is C36H68O4. The van der Waals surface area contributed by atoms with Crippen molar-refractivity contribution in [1.82, 2.24) is 0 Å². The zero-order valence-corrected chi connectivity index (χ0v) is 26.9. The van der Waals surface area contributed by atoms with E-state index in [9.17, 15) is 9.59 Å². The van der Waals surface area contributed by atoms with Gasteiger partial charge in [-0.25, -0.2) is 0 Å². The molecule has 1 N–H and O–H groups in total. The van der Waals surface area contributed by atoms with Crippen molar-refractivity contribution in [2.24, 2.45) is 0 Å². The summed E-state index contributed by atoms with van der Waals surface area (Å²) in [5.41, 5.74) is 0. The van der Waals surface area contributed by atoms with Crippen LogP contribution in [0.3, 0.4) is 0 Å². The number of carbonyl (C=O) groups is 2. The molecule has 236 valence electrons. The third-order valence-corrected chi connectivity index (χ3v) is 7.98. The zero-order chi connectivity index (χ0) is 29.4. The highest BCUT2D eigenvalue weighted by atomic mass is 16.5. The Morgan fingerprint density at radius 3 is 1.38 bits per heavy atom. The standard InChI is InChI=1S/C36H68O4/c1-3-4-5-6-7-8-9-10-11-15-18-21-24-27-30-33-36(39)40-34(2)31-28-25-22-19-16-13-12-14-17-20-23-26-29-32-35(37)38/h10-11,34H,3-9,12-33H2,1-2H3,(H,37,38)/b11-10-. The fourth-order valence-corrected chi connectivity index (χ4v) is 5.33. The molecule has 0 aromatic rings. The molecule has 40 heavy (non-hydrogen) atoms. The molecule has 0 rings (SSSR count). The molecule has 0 aromatic carbocycles. The average molecular weight is 565 g/mol. The van der Waals surface area contributed by atoms with Gasteiger partial charge in [0.15, 0.2) is 0 Å². The molecule has 1 atom stereocenters. The van der Waals surface area contributed by atoms with Crippen LogP contribution < -0.4 is 0 Å². The zero-order valence-electron chi connectivity index (χ0n) is 26.9. The Morgan fingerprint density at radius 2 is 0.925 bits per heavy atom. The molecule has 0 saturated carbocycles. The lowest BCUT2D eigenvalue weighted by molar-refractivity contribution is -0.148. The molecule has 1 unspecified atom stereocenters. The summed E-state index contributed by atoms with van der Waals surface area (Å²) in [5.74, 6) is -0.678. The quantitative estimate of drug-likeness (QED) is 0.0501. The third-order valence-electron chi connectivity index (χ3n) is 7.98. The van der Waals surface area contributed by atoms with Crippen LogP contribution >= 0.6 is 0 Å². The van der Waals surface area contributed by atoms with Crippen LogP contribution in [-0.4, -0.2) is 23.1 Å². The topological polar surface area (TPSA) is 63.6 Å². The minimum atomic E-state index is -0.669. The summed E-state index contributed by atoms with van der Waals surface area (Å²) in [4.78, 5) is 22.6. The van der Waals surface area contributed by atoms with Gasteiger partial charge >= 0.3 is 11.9 Å². The Labute approximate surface area is 249 Å². The van der Waals surface area contributed by atoms with E-state index in [2.05, 4.69) is 19.1 Å². The van der Waals surface area contributed by atoms with Crippen molar-refractivity contribution < 1.29 is 19.4 Å². The molecule has 0 aliphatic rings. The molecule has 0 bridgehead atoms. The van der Waals surface area contributed by atoms with Crippen molar-refractivity contribution in [3.05, 3.63) is 12.2 Å². The van der Waals surface area contributed by atoms with Crippen molar-refractivity contribution in [1.29, 1.82) is 0 Å². The Morgan fingerprint density at radius 1 is 0.550 bits per heavy atom. The van der Waals surface area contributed by atoms with Crippen LogP contribution in [0.25, 0.3) is 0 Å². The number of carbonyl (C=O) groups excluding carboxylic acids is 1. The molecule has 0 saturated heterocycles. The second-order valence-corrected chi connectivity index (χ2v) is 12.2. The van der Waals surface area contributed by atoms with Gasteiger partial charge in [-0.05, 0) is 58.3 Å². The smallest absolute Gasteiger partial charge is 0.306 e. The lowest BCUT2D eigenvalue weighted by atomic mass is 10.0. The number of allylic oxidation sites excluding steroid dienone is 2. The molecule has 4 heteroatoms. The number of unbranched alkanes of at least 4 members (excludes halogenated alkanes) is 23. The first-order valence-electron chi connectivity index (χ1n) is 17.6. The molecule has 0 aliphatic carbocycles. The molecule has 0 aromatic heterocycles. The average Bonchev–Trinajstić information content (AvgIpc) is 2.92. The van der Waals surface area contributed by atoms with Gasteiger partial charge < -0.3 is 9.84 Å². The van der Waals surface area contributed by atoms with E-state index in [0.717, 1.165) is 38.5 Å². The van der Waals surface area contributed by atoms with Crippen LogP contribution in [0.2, 0.25) is 0 Å². The second-order valence-electron chi connectivity index (χ2n) is 12.2. The lowest BCUT2D eigenvalue weighted by Gasteiger charge is -2.13. The van der Waals surface area contributed by atoms with Gasteiger partial charge in [-0.15, -0.1) is 0 Å². The van der Waals surface area contributed by atoms with E-state index in [4.69, 9.17) is 9.84 Å². The molecule has 0 fully saturated rings. The van der Waals surface area contributed by atoms with E-state index in [1.54, 1.807) is 0 Å². The predicted molar refractivity (Wildman–Crippen MR) is 172 cm³/mol. The first-order valence-corrected chi connectivity index (χ1v) is 17.6. The number of hydrogen-bond acceptors (Lipinski definition) is 3. The lowest BCUT2D eigenvalue weighted by Crippen LogP contribution is -2.14. The molecule has 0 aliphatic heterocycles. The summed E-state index contributed by atoms with van der Waals surface area (Å²) in [6.07, 6.45) is 39.2. The van der Waals surface area contributed by atoms with Crippen molar-refractivity contribution in [3.63, 3.8) is 0 Å². The van der Waals surface area contributed by atoms with Crippen LogP contribution in [0.4, 0.5) is 0 Å². The van der Waals surface area contributed by atoms with Crippen molar-refractivity contribution in [2.45, 2.75) is 206 Å². The second kappa shape index (κ2) is 32.2. The largest absolute Gasteiger partial charge is 0.481 e. The van der Waals surface area contributed by atoms with Gasteiger partial charge in [0.05, 0.1) is 6.10 Å². The number of hydrogen-bond donors (Lipinski definition) is 1. The van der Waals surface area contributed by atoms with Gasteiger partial charge in [0.1, 0.15) is 0 Å². The summed E-state index contributed by atoms with van der Waals surface area (Å²) >= 11 is 0. The highest BCUT2D eigenvalue weighted by molar-refractivity contribution is 5.69. The SMILES string of the molecule is CCCCCCCC/C=C\CCCCCCCC(=O)OC(C)CCCCCCCCCCCCCCCC(=O)O. The van der Waals surface area contributed by atoms with Crippen LogP contribution in [0.5, 0.6) is 0 Å². The van der Waals surface area contributed by atoms with E-state index in [1.807, 2.05) is 6.92 Å². The molecular weight excluding hydrogens is 496 g/mol. The van der Waals surface area contributed by atoms with E-state index in [-0.39, 0.29) is 12.1 Å².